The highest BCUT2D eigenvalue weighted by molar-refractivity contribution is 5.89. The second kappa shape index (κ2) is 26.7. The molecule has 4 aromatic carbocycles. The summed E-state index contributed by atoms with van der Waals surface area (Å²) in [5.74, 6) is -5.84. The van der Waals surface area contributed by atoms with Crippen LogP contribution in [0.5, 0.6) is 57.5 Å². The lowest BCUT2D eigenvalue weighted by atomic mass is 9.96. The molecule has 29 heteroatoms. The molecule has 3 aliphatic rings. The zero-order chi connectivity index (χ0) is 60.8. The van der Waals surface area contributed by atoms with Crippen LogP contribution >= 0.6 is 0 Å². The van der Waals surface area contributed by atoms with Gasteiger partial charge in [-0.15, -0.1) is 0 Å². The normalized spacial score (nSPS) is 28.0. The number of fused-ring (bicyclic) bond motifs is 1. The van der Waals surface area contributed by atoms with Gasteiger partial charge in [-0.3, -0.25) is 4.79 Å². The molecule has 0 saturated carbocycles. The maximum absolute atomic E-state index is 14.3. The number of aromatic hydroxyl groups is 5. The lowest BCUT2D eigenvalue weighted by Gasteiger charge is -2.48. The van der Waals surface area contributed by atoms with Crippen molar-refractivity contribution in [2.24, 2.45) is 0 Å². The monoisotopic (exact) mass is 1180 g/mol. The van der Waals surface area contributed by atoms with Crippen molar-refractivity contribution in [1.82, 2.24) is 0 Å². The van der Waals surface area contributed by atoms with Crippen molar-refractivity contribution in [2.75, 3.05) is 48.3 Å². The summed E-state index contributed by atoms with van der Waals surface area (Å²) >= 11 is 0. The number of aliphatic hydroxyl groups excluding tert-OH is 8. The predicted molar refractivity (Wildman–Crippen MR) is 281 cm³/mol. The number of hydrogen-bond acceptors (Lipinski definition) is 29. The Morgan fingerprint density at radius 3 is 1.57 bits per heavy atom. The van der Waals surface area contributed by atoms with Crippen LogP contribution in [-0.2, 0) is 42.7 Å². The molecule has 84 heavy (non-hydrogen) atoms. The van der Waals surface area contributed by atoms with E-state index in [1.165, 1.54) is 89.1 Å². The summed E-state index contributed by atoms with van der Waals surface area (Å²) in [5, 5.41) is 141. The molecule has 3 saturated heterocycles. The van der Waals surface area contributed by atoms with E-state index in [0.717, 1.165) is 24.3 Å². The fraction of sp³-hybridized carbons (Fsp3) is 0.400. The third kappa shape index (κ3) is 13.2. The van der Waals surface area contributed by atoms with Crippen LogP contribution in [0.2, 0.25) is 0 Å². The van der Waals surface area contributed by atoms with E-state index in [1.54, 1.807) is 0 Å². The molecule has 15 atom stereocenters. The zero-order valence-corrected chi connectivity index (χ0v) is 44.7. The van der Waals surface area contributed by atoms with E-state index in [0.29, 0.717) is 0 Å². The smallest absolute Gasteiger partial charge is 0.331 e. The third-order valence-electron chi connectivity index (χ3n) is 13.6. The van der Waals surface area contributed by atoms with Gasteiger partial charge < -0.3 is 128 Å². The predicted octanol–water partition coefficient (Wildman–Crippen LogP) is -0.622. The minimum atomic E-state index is -2.35. The second-order valence-corrected chi connectivity index (χ2v) is 19.0. The Morgan fingerprint density at radius 2 is 1.04 bits per heavy atom. The van der Waals surface area contributed by atoms with E-state index in [4.69, 9.17) is 61.3 Å². The highest BCUT2D eigenvalue weighted by atomic mass is 16.8. The molecule has 3 aliphatic heterocycles. The van der Waals surface area contributed by atoms with Crippen LogP contribution in [0, 0.1) is 0 Å². The van der Waals surface area contributed by atoms with E-state index < -0.39 is 158 Å². The second-order valence-electron chi connectivity index (χ2n) is 19.0. The molecule has 0 spiro atoms. The van der Waals surface area contributed by atoms with E-state index in [9.17, 15) is 80.8 Å². The standard InChI is InChI=1S/C55H60O29/c1-72-29-13-22(14-30(73-2)39(29)63)5-11-36(61)76-21-35-49(82-54-51(44(68)41(65)33(19-56)78-54)81-37(62)12-6-23-15-31(74-3)40(64)32(16-23)75-4)46(70)47(71)53(80-35)84-52-45(69)42(66)34(20-57)79-55(52)83-50-43(67)38-27(60)17-26(59)18-28(38)77-48(50)24-7-9-25(58)10-8-24/h5-18,33-35,41-42,44-47,49,51-60,63-66,68-71H,19-21H2,1-4H3/t33-,34-,35-,41-,42+,44+,45+,46-,47-,49-,51-,52-,53+,54+,55+/m1/s1. The number of esters is 2. The van der Waals surface area contributed by atoms with Crippen LogP contribution in [0.25, 0.3) is 34.4 Å². The Labute approximate surface area is 474 Å². The fourth-order valence-electron chi connectivity index (χ4n) is 9.25. The highest BCUT2D eigenvalue weighted by Crippen LogP contribution is 2.41. The molecule has 8 rings (SSSR count). The molecule has 1 aromatic heterocycles. The summed E-state index contributed by atoms with van der Waals surface area (Å²) in [6.07, 6.45) is -26.6. The molecule has 0 amide bonds. The molecular weight excluding hydrogens is 1120 g/mol. The van der Waals surface area contributed by atoms with Crippen molar-refractivity contribution >= 4 is 35.1 Å². The average molecular weight is 1190 g/mol. The number of aliphatic hydroxyl groups is 8. The summed E-state index contributed by atoms with van der Waals surface area (Å²) in [7, 11) is 5.08. The lowest BCUT2D eigenvalue weighted by molar-refractivity contribution is -0.379. The number of ether oxygens (including phenoxy) is 12. The maximum atomic E-state index is 14.3. The number of phenols is 5. The first-order valence-electron chi connectivity index (χ1n) is 25.3. The number of hydrogen-bond donors (Lipinski definition) is 13. The maximum Gasteiger partial charge on any atom is 0.331 e. The Hall–Kier alpha value is -8.01. The summed E-state index contributed by atoms with van der Waals surface area (Å²) in [4.78, 5) is 41.3. The van der Waals surface area contributed by atoms with E-state index in [1.807, 2.05) is 0 Å². The molecule has 0 unspecified atom stereocenters. The van der Waals surface area contributed by atoms with Gasteiger partial charge in [-0.05, 0) is 71.8 Å². The first-order valence-corrected chi connectivity index (χ1v) is 25.3. The average Bonchev–Trinajstić information content (AvgIpc) is 2.15. The SMILES string of the molecule is COc1cc(C=CC(=O)OC[C@H]2O[C@@H](O[C@H]3[C@H](Oc4c(-c5ccc(O)cc5)oc5cc(O)cc(O)c5c4=O)O[C@H](CO)[C@H](O)[C@@H]3O)[C@H](O)[C@@H](O)[C@@H]2O[C@@H]2O[C@H](CO)[C@@H](O)[C@H](O)[C@H]2OC(=O)C=Cc2cc(OC)c(O)c(OC)c2)cc(OC)c1O. The summed E-state index contributed by atoms with van der Waals surface area (Å²) in [6, 6.07) is 12.2. The van der Waals surface area contributed by atoms with Crippen molar-refractivity contribution in [2.45, 2.75) is 92.1 Å². The van der Waals surface area contributed by atoms with Gasteiger partial charge in [0, 0.05) is 29.8 Å². The van der Waals surface area contributed by atoms with E-state index in [-0.39, 0.29) is 62.5 Å². The Morgan fingerprint density at radius 1 is 0.548 bits per heavy atom. The van der Waals surface area contributed by atoms with Crippen LogP contribution in [0.4, 0.5) is 0 Å². The van der Waals surface area contributed by atoms with Gasteiger partial charge in [-0.1, -0.05) is 0 Å². The van der Waals surface area contributed by atoms with Gasteiger partial charge in [0.25, 0.3) is 0 Å². The Balaban J connectivity index is 1.13. The molecule has 29 nitrogen and oxygen atoms in total. The van der Waals surface area contributed by atoms with Crippen molar-refractivity contribution in [1.29, 1.82) is 0 Å². The number of carbonyl (C=O) groups excluding carboxylic acids is 2. The van der Waals surface area contributed by atoms with Crippen molar-refractivity contribution < 1.29 is 137 Å². The number of benzene rings is 4. The quantitative estimate of drug-likeness (QED) is 0.0341. The zero-order valence-electron chi connectivity index (χ0n) is 44.7. The Kier molecular flexibility index (Phi) is 19.7. The van der Waals surface area contributed by atoms with Gasteiger partial charge in [0.2, 0.25) is 29.0 Å². The summed E-state index contributed by atoms with van der Waals surface area (Å²) < 4.78 is 73.6. The highest BCUT2D eigenvalue weighted by Gasteiger charge is 2.55. The molecule has 0 bridgehead atoms. The molecule has 0 radical (unpaired) electrons. The van der Waals surface area contributed by atoms with Crippen LogP contribution in [0.15, 0.2) is 82.0 Å². The topological polar surface area (TPSA) is 438 Å². The largest absolute Gasteiger partial charge is 0.508 e. The molecular formula is C55H60O29. The van der Waals surface area contributed by atoms with Gasteiger partial charge in [0.1, 0.15) is 95.9 Å². The minimum absolute atomic E-state index is 0.0271. The molecule has 0 aliphatic carbocycles. The number of rotatable bonds is 20. The van der Waals surface area contributed by atoms with Crippen molar-refractivity contribution in [3.63, 3.8) is 0 Å². The van der Waals surface area contributed by atoms with Crippen LogP contribution in [0.1, 0.15) is 11.1 Å². The summed E-state index contributed by atoms with van der Waals surface area (Å²) in [6.45, 7) is -2.92. The Bertz CT molecular complexity index is 3200. The number of phenolic OH excluding ortho intramolecular Hbond substituents is 5. The van der Waals surface area contributed by atoms with Crippen LogP contribution < -0.4 is 29.1 Å². The molecule has 13 N–H and O–H groups in total. The molecule has 3 fully saturated rings. The molecule has 5 aromatic rings. The van der Waals surface area contributed by atoms with Gasteiger partial charge in [0.05, 0.1) is 41.7 Å². The summed E-state index contributed by atoms with van der Waals surface area (Å²) in [5.41, 5.74) is -0.925. The van der Waals surface area contributed by atoms with Gasteiger partial charge in [-0.2, -0.15) is 0 Å². The number of carbonyl (C=O) groups is 2. The van der Waals surface area contributed by atoms with Crippen molar-refractivity contribution in [3.05, 3.63) is 94.2 Å². The third-order valence-corrected chi connectivity index (χ3v) is 13.6. The molecule has 454 valence electrons. The van der Waals surface area contributed by atoms with E-state index >= 15 is 0 Å². The fourth-order valence-corrected chi connectivity index (χ4v) is 9.25. The number of methoxy groups -OCH3 is 4. The van der Waals surface area contributed by atoms with Gasteiger partial charge in [-0.25, -0.2) is 9.59 Å². The van der Waals surface area contributed by atoms with Gasteiger partial charge in [0.15, 0.2) is 53.5 Å². The van der Waals surface area contributed by atoms with Crippen molar-refractivity contribution in [3.8, 4) is 68.8 Å². The van der Waals surface area contributed by atoms with E-state index in [2.05, 4.69) is 0 Å². The van der Waals surface area contributed by atoms with Crippen LogP contribution in [-0.4, -0.2) is 219 Å². The first kappa shape index (κ1) is 62.0. The first-order chi connectivity index (χ1) is 40.1. The minimum Gasteiger partial charge on any atom is -0.508 e. The molecule has 4 heterocycles. The van der Waals surface area contributed by atoms with Crippen LogP contribution in [0.3, 0.4) is 0 Å². The van der Waals surface area contributed by atoms with Gasteiger partial charge >= 0.3 is 11.9 Å². The lowest BCUT2D eigenvalue weighted by Crippen LogP contribution is -2.67.